The van der Waals surface area contributed by atoms with E-state index in [1.165, 1.54) is 12.3 Å². The van der Waals surface area contributed by atoms with Crippen LogP contribution in [-0.4, -0.2) is 22.5 Å². The van der Waals surface area contributed by atoms with Crippen LogP contribution < -0.4 is 5.73 Å². The minimum atomic E-state index is -0.422. The molecule has 1 rings (SSSR count). The fraction of sp³-hybridized carbons (Fsp3) is 0.300. The largest absolute Gasteiger partial charge is 0.463 e. The zero-order valence-electron chi connectivity index (χ0n) is 9.03. The molecule has 0 aliphatic carbocycles. The van der Waals surface area contributed by atoms with Gasteiger partial charge >= 0.3 is 5.97 Å². The molecule has 0 amide bonds. The Kier molecular flexibility index (Phi) is 4.25. The number of halogens is 1. The molecule has 1 aromatic heterocycles. The van der Waals surface area contributed by atoms with Crippen molar-refractivity contribution in [2.75, 3.05) is 12.3 Å². The van der Waals surface area contributed by atoms with Gasteiger partial charge in [0.2, 0.25) is 5.28 Å². The standard InChI is InChI=1S/C10H12ClN3O2/c1-3-16-8(15)4-6(2)7-5-13-10(11)14-9(7)12/h4-5H,3H2,1-2H3,(H2,12,13,14)/b6-4+. The number of nitrogens with zero attached hydrogens (tertiary/aromatic N) is 2. The average Bonchev–Trinajstić information content (AvgIpc) is 2.17. The summed E-state index contributed by atoms with van der Waals surface area (Å²) >= 11 is 5.56. The summed E-state index contributed by atoms with van der Waals surface area (Å²) in [6.07, 6.45) is 2.81. The first-order valence-corrected chi connectivity index (χ1v) is 5.05. The number of anilines is 1. The van der Waals surface area contributed by atoms with Crippen LogP contribution >= 0.6 is 11.6 Å². The van der Waals surface area contributed by atoms with Crippen molar-refractivity contribution >= 4 is 29.0 Å². The van der Waals surface area contributed by atoms with Gasteiger partial charge in [0, 0.05) is 17.8 Å². The van der Waals surface area contributed by atoms with E-state index in [0.717, 1.165) is 0 Å². The van der Waals surface area contributed by atoms with Crippen LogP contribution in [0, 0.1) is 0 Å². The van der Waals surface area contributed by atoms with Crippen LogP contribution in [0.25, 0.3) is 5.57 Å². The third-order valence-corrected chi connectivity index (χ3v) is 2.02. The molecular weight excluding hydrogens is 230 g/mol. The van der Waals surface area contributed by atoms with Gasteiger partial charge in [-0.05, 0) is 31.0 Å². The summed E-state index contributed by atoms with van der Waals surface area (Å²) in [4.78, 5) is 18.8. The summed E-state index contributed by atoms with van der Waals surface area (Å²) in [6, 6.07) is 0. The molecule has 86 valence electrons. The molecule has 2 N–H and O–H groups in total. The van der Waals surface area contributed by atoms with Gasteiger partial charge in [-0.15, -0.1) is 0 Å². The van der Waals surface area contributed by atoms with E-state index in [4.69, 9.17) is 22.1 Å². The van der Waals surface area contributed by atoms with Crippen molar-refractivity contribution < 1.29 is 9.53 Å². The Balaban J connectivity index is 2.96. The number of hydrogen-bond donors (Lipinski definition) is 1. The number of esters is 1. The quantitative estimate of drug-likeness (QED) is 0.495. The van der Waals surface area contributed by atoms with Crippen molar-refractivity contribution in [2.24, 2.45) is 0 Å². The highest BCUT2D eigenvalue weighted by molar-refractivity contribution is 6.28. The van der Waals surface area contributed by atoms with Gasteiger partial charge in [-0.3, -0.25) is 0 Å². The van der Waals surface area contributed by atoms with Crippen LogP contribution in [0.2, 0.25) is 5.28 Å². The highest BCUT2D eigenvalue weighted by Gasteiger charge is 2.06. The van der Waals surface area contributed by atoms with Crippen molar-refractivity contribution in [3.05, 3.63) is 23.1 Å². The zero-order chi connectivity index (χ0) is 12.1. The zero-order valence-corrected chi connectivity index (χ0v) is 9.78. The van der Waals surface area contributed by atoms with Crippen molar-refractivity contribution in [2.45, 2.75) is 13.8 Å². The smallest absolute Gasteiger partial charge is 0.331 e. The lowest BCUT2D eigenvalue weighted by Crippen LogP contribution is -2.02. The number of rotatable bonds is 3. The van der Waals surface area contributed by atoms with Crippen LogP contribution in [0.1, 0.15) is 19.4 Å². The van der Waals surface area contributed by atoms with Crippen molar-refractivity contribution in [3.63, 3.8) is 0 Å². The summed E-state index contributed by atoms with van der Waals surface area (Å²) in [5, 5.41) is 0.0742. The van der Waals surface area contributed by atoms with E-state index in [0.29, 0.717) is 17.7 Å². The summed E-state index contributed by atoms with van der Waals surface area (Å²) in [7, 11) is 0. The molecule has 0 fully saturated rings. The monoisotopic (exact) mass is 241 g/mol. The molecule has 0 radical (unpaired) electrons. The molecule has 16 heavy (non-hydrogen) atoms. The van der Waals surface area contributed by atoms with Gasteiger partial charge in [-0.2, -0.15) is 0 Å². The summed E-state index contributed by atoms with van der Waals surface area (Å²) in [5.41, 5.74) is 6.84. The fourth-order valence-electron chi connectivity index (χ4n) is 1.11. The number of allylic oxidation sites excluding steroid dienone is 1. The van der Waals surface area contributed by atoms with E-state index < -0.39 is 5.97 Å². The van der Waals surface area contributed by atoms with E-state index >= 15 is 0 Å². The molecule has 5 nitrogen and oxygen atoms in total. The predicted octanol–water partition coefficient (Wildman–Crippen LogP) is 1.68. The third-order valence-electron chi connectivity index (χ3n) is 1.83. The first kappa shape index (κ1) is 12.4. The highest BCUT2D eigenvalue weighted by Crippen LogP contribution is 2.19. The molecule has 0 bridgehead atoms. The van der Waals surface area contributed by atoms with E-state index in [9.17, 15) is 4.79 Å². The lowest BCUT2D eigenvalue weighted by molar-refractivity contribution is -0.137. The molecule has 0 atom stereocenters. The van der Waals surface area contributed by atoms with E-state index in [1.54, 1.807) is 13.8 Å². The van der Waals surface area contributed by atoms with Crippen molar-refractivity contribution in [1.29, 1.82) is 0 Å². The van der Waals surface area contributed by atoms with Crippen molar-refractivity contribution in [3.8, 4) is 0 Å². The molecule has 0 unspecified atom stereocenters. The minimum Gasteiger partial charge on any atom is -0.463 e. The Morgan fingerprint density at radius 3 is 2.94 bits per heavy atom. The number of carbonyl (C=O) groups excluding carboxylic acids is 1. The third kappa shape index (κ3) is 3.20. The summed E-state index contributed by atoms with van der Waals surface area (Å²) in [6.45, 7) is 3.79. The SMILES string of the molecule is CCOC(=O)/C=C(\C)c1cnc(Cl)nc1N. The first-order valence-electron chi connectivity index (χ1n) is 4.68. The maximum atomic E-state index is 11.2. The number of aromatic nitrogens is 2. The molecule has 0 spiro atoms. The minimum absolute atomic E-state index is 0.0742. The van der Waals surface area contributed by atoms with Crippen LogP contribution in [-0.2, 0) is 9.53 Å². The summed E-state index contributed by atoms with van der Waals surface area (Å²) in [5.74, 6) is -0.188. The van der Waals surface area contributed by atoms with Gasteiger partial charge < -0.3 is 10.5 Å². The molecule has 0 aliphatic heterocycles. The molecule has 1 heterocycles. The van der Waals surface area contributed by atoms with Gasteiger partial charge in [0.15, 0.2) is 0 Å². The second-order valence-electron chi connectivity index (χ2n) is 3.02. The van der Waals surface area contributed by atoms with E-state index in [1.807, 2.05) is 0 Å². The number of hydrogen-bond acceptors (Lipinski definition) is 5. The van der Waals surface area contributed by atoms with Crippen molar-refractivity contribution in [1.82, 2.24) is 9.97 Å². The van der Waals surface area contributed by atoms with Crippen LogP contribution in [0.4, 0.5) is 5.82 Å². The predicted molar refractivity (Wildman–Crippen MR) is 61.7 cm³/mol. The Morgan fingerprint density at radius 2 is 2.38 bits per heavy atom. The lowest BCUT2D eigenvalue weighted by Gasteiger charge is -2.04. The number of carbonyl (C=O) groups is 1. The van der Waals surface area contributed by atoms with Crippen LogP contribution in [0.15, 0.2) is 12.3 Å². The van der Waals surface area contributed by atoms with Crippen LogP contribution in [0.5, 0.6) is 0 Å². The number of nitrogens with two attached hydrogens (primary N) is 1. The first-order chi connectivity index (χ1) is 7.54. The lowest BCUT2D eigenvalue weighted by atomic mass is 10.1. The maximum Gasteiger partial charge on any atom is 0.331 e. The van der Waals surface area contributed by atoms with Gasteiger partial charge in [0.05, 0.1) is 6.61 Å². The molecule has 0 saturated heterocycles. The normalized spacial score (nSPS) is 11.3. The molecule has 1 aromatic rings. The van der Waals surface area contributed by atoms with Gasteiger partial charge in [0.25, 0.3) is 0 Å². The Hall–Kier alpha value is -1.62. The molecule has 0 aliphatic rings. The van der Waals surface area contributed by atoms with E-state index in [2.05, 4.69) is 9.97 Å². The fourth-order valence-corrected chi connectivity index (χ4v) is 1.25. The molecule has 0 saturated carbocycles. The maximum absolute atomic E-state index is 11.2. The Morgan fingerprint density at radius 1 is 1.69 bits per heavy atom. The van der Waals surface area contributed by atoms with Gasteiger partial charge in [-0.25, -0.2) is 14.8 Å². The molecular formula is C10H12ClN3O2. The number of nitrogen functional groups attached to an aromatic ring is 1. The van der Waals surface area contributed by atoms with Gasteiger partial charge in [0.1, 0.15) is 5.82 Å². The number of ether oxygens (including phenoxy) is 1. The molecule has 0 aromatic carbocycles. The second kappa shape index (κ2) is 5.46. The second-order valence-corrected chi connectivity index (χ2v) is 3.36. The average molecular weight is 242 g/mol. The Labute approximate surface area is 98.3 Å². The van der Waals surface area contributed by atoms with E-state index in [-0.39, 0.29) is 11.1 Å². The summed E-state index contributed by atoms with van der Waals surface area (Å²) < 4.78 is 4.77. The highest BCUT2D eigenvalue weighted by atomic mass is 35.5. The van der Waals surface area contributed by atoms with Crippen LogP contribution in [0.3, 0.4) is 0 Å². The topological polar surface area (TPSA) is 78.1 Å². The van der Waals surface area contributed by atoms with Gasteiger partial charge in [-0.1, -0.05) is 0 Å². The Bertz CT molecular complexity index is 432. The molecule has 6 heteroatoms.